The van der Waals surface area contributed by atoms with Gasteiger partial charge in [-0.1, -0.05) is 36.8 Å². The molecule has 2 heterocycles. The number of amides is 3. The highest BCUT2D eigenvalue weighted by atomic mass is 19.4. The second-order valence-electron chi connectivity index (χ2n) is 9.85. The highest BCUT2D eigenvalue weighted by molar-refractivity contribution is 6.39. The van der Waals surface area contributed by atoms with E-state index in [0.29, 0.717) is 29.1 Å². The maximum atomic E-state index is 13.7. The molecule has 4 rings (SSSR count). The molecule has 1 aliphatic carbocycles. The number of carbonyl (C=O) groups is 3. The number of nitrogens with two attached hydrogens (primary N) is 1. The molecule has 2 aliphatic rings. The third-order valence-electron chi connectivity index (χ3n) is 7.26. The number of rotatable bonds is 4. The molecule has 0 radical (unpaired) electrons. The third kappa shape index (κ3) is 4.99. The van der Waals surface area contributed by atoms with Crippen molar-refractivity contribution in [1.82, 2.24) is 14.8 Å². The first kappa shape index (κ1) is 26.4. The van der Waals surface area contributed by atoms with Gasteiger partial charge in [-0.15, -0.1) is 0 Å². The van der Waals surface area contributed by atoms with Gasteiger partial charge in [-0.25, -0.2) is 4.98 Å². The molecule has 2 atom stereocenters. The number of anilines is 2. The fourth-order valence-electron chi connectivity index (χ4n) is 4.76. The first-order chi connectivity index (χ1) is 17.4. The van der Waals surface area contributed by atoms with Crippen molar-refractivity contribution in [2.75, 3.05) is 24.1 Å². The van der Waals surface area contributed by atoms with Gasteiger partial charge in [-0.3, -0.25) is 14.4 Å². The SMILES string of the molecule is CCc1cc(NC(=O)C(=O)N2C[C@@H](C)N(C(=O)C3(C(F)(F)F)CC3)C[C@@H]2c2ccc(C)cc2)cnc1N. The minimum absolute atomic E-state index is 0.0926. The van der Waals surface area contributed by atoms with E-state index in [1.807, 2.05) is 26.0 Å². The summed E-state index contributed by atoms with van der Waals surface area (Å²) in [5.41, 5.74) is 6.04. The van der Waals surface area contributed by atoms with Crippen LogP contribution in [-0.4, -0.2) is 57.8 Å². The monoisotopic (exact) mass is 517 g/mol. The van der Waals surface area contributed by atoms with E-state index in [1.54, 1.807) is 25.1 Å². The quantitative estimate of drug-likeness (QED) is 0.603. The largest absolute Gasteiger partial charge is 0.403 e. The number of nitrogen functional groups attached to an aromatic ring is 1. The molecule has 1 aromatic heterocycles. The Bertz CT molecular complexity index is 1210. The lowest BCUT2D eigenvalue weighted by atomic mass is 9.95. The molecule has 1 saturated heterocycles. The molecule has 0 spiro atoms. The lowest BCUT2D eigenvalue weighted by molar-refractivity contribution is -0.201. The number of hydrogen-bond donors (Lipinski definition) is 2. The van der Waals surface area contributed by atoms with Crippen LogP contribution < -0.4 is 11.1 Å². The van der Waals surface area contributed by atoms with E-state index in [9.17, 15) is 27.6 Å². The van der Waals surface area contributed by atoms with Crippen LogP contribution in [0.5, 0.6) is 0 Å². The second kappa shape index (κ2) is 9.68. The Balaban J connectivity index is 1.60. The highest BCUT2D eigenvalue weighted by Crippen LogP contribution is 2.59. The van der Waals surface area contributed by atoms with Crippen molar-refractivity contribution in [1.29, 1.82) is 0 Å². The van der Waals surface area contributed by atoms with E-state index in [-0.39, 0.29) is 25.9 Å². The standard InChI is InChI=1S/C26H30F3N5O3/c1-4-17-11-19(12-31-21(17)30)32-22(35)23(36)34-13-16(3)33(24(37)25(9-10-25)26(27,28)29)14-20(34)18-7-5-15(2)6-8-18/h5-8,11-12,16,20H,4,9-10,13-14H2,1-3H3,(H2,30,31)(H,32,35)/t16-,20-/m1/s1. The van der Waals surface area contributed by atoms with Crippen LogP contribution in [0.3, 0.4) is 0 Å². The van der Waals surface area contributed by atoms with Gasteiger partial charge in [0.25, 0.3) is 0 Å². The van der Waals surface area contributed by atoms with Crippen LogP contribution in [0.15, 0.2) is 36.5 Å². The van der Waals surface area contributed by atoms with Crippen LogP contribution in [0, 0.1) is 12.3 Å². The summed E-state index contributed by atoms with van der Waals surface area (Å²) in [6.07, 6.45) is -3.19. The summed E-state index contributed by atoms with van der Waals surface area (Å²) in [5, 5.41) is 2.55. The Morgan fingerprint density at radius 2 is 1.78 bits per heavy atom. The Morgan fingerprint density at radius 1 is 1.14 bits per heavy atom. The zero-order valence-corrected chi connectivity index (χ0v) is 20.9. The number of pyridine rings is 1. The van der Waals surface area contributed by atoms with E-state index in [1.165, 1.54) is 16.0 Å². The van der Waals surface area contributed by atoms with E-state index in [0.717, 1.165) is 5.56 Å². The Labute approximate surface area is 213 Å². The van der Waals surface area contributed by atoms with Gasteiger partial charge in [0.15, 0.2) is 0 Å². The number of nitrogens with one attached hydrogen (secondary N) is 1. The average molecular weight is 518 g/mol. The lowest BCUT2D eigenvalue weighted by Crippen LogP contribution is -2.60. The number of hydrogen-bond acceptors (Lipinski definition) is 5. The molecule has 1 aromatic carbocycles. The van der Waals surface area contributed by atoms with E-state index >= 15 is 0 Å². The van der Waals surface area contributed by atoms with E-state index in [4.69, 9.17) is 5.73 Å². The number of piperazine rings is 1. The molecule has 1 aliphatic heterocycles. The smallest absolute Gasteiger partial charge is 0.383 e. The van der Waals surface area contributed by atoms with Crippen LogP contribution in [0.1, 0.15) is 49.4 Å². The van der Waals surface area contributed by atoms with Gasteiger partial charge in [0.05, 0.1) is 17.9 Å². The molecule has 11 heteroatoms. The summed E-state index contributed by atoms with van der Waals surface area (Å²) in [6, 6.07) is 7.26. The third-order valence-corrected chi connectivity index (χ3v) is 7.26. The number of carbonyl (C=O) groups excluding carboxylic acids is 3. The Kier molecular flexibility index (Phi) is 6.91. The maximum absolute atomic E-state index is 13.7. The zero-order chi connectivity index (χ0) is 27.1. The predicted molar refractivity (Wildman–Crippen MR) is 131 cm³/mol. The van der Waals surface area contributed by atoms with Crippen LogP contribution >= 0.6 is 0 Å². The molecule has 3 N–H and O–H groups in total. The Hall–Kier alpha value is -3.63. The van der Waals surface area contributed by atoms with Crippen molar-refractivity contribution in [3.63, 3.8) is 0 Å². The molecule has 2 aromatic rings. The number of aryl methyl sites for hydroxylation is 2. The van der Waals surface area contributed by atoms with Crippen molar-refractivity contribution in [2.24, 2.45) is 5.41 Å². The van der Waals surface area contributed by atoms with Gasteiger partial charge in [-0.05, 0) is 50.3 Å². The second-order valence-corrected chi connectivity index (χ2v) is 9.85. The van der Waals surface area contributed by atoms with Crippen molar-refractivity contribution < 1.29 is 27.6 Å². The summed E-state index contributed by atoms with van der Waals surface area (Å²) in [5.74, 6) is -2.41. The number of benzene rings is 1. The molecule has 0 bridgehead atoms. The molecule has 0 unspecified atom stereocenters. The van der Waals surface area contributed by atoms with Gasteiger partial charge in [0, 0.05) is 19.1 Å². The normalized spacial score (nSPS) is 20.9. The van der Waals surface area contributed by atoms with Gasteiger partial charge >= 0.3 is 18.0 Å². The predicted octanol–water partition coefficient (Wildman–Crippen LogP) is 3.62. The fraction of sp³-hybridized carbons (Fsp3) is 0.462. The summed E-state index contributed by atoms with van der Waals surface area (Å²) in [4.78, 5) is 46.0. The minimum atomic E-state index is -4.64. The first-order valence-electron chi connectivity index (χ1n) is 12.2. The van der Waals surface area contributed by atoms with E-state index < -0.39 is 41.4 Å². The zero-order valence-electron chi connectivity index (χ0n) is 20.9. The first-order valence-corrected chi connectivity index (χ1v) is 12.2. The maximum Gasteiger partial charge on any atom is 0.403 e. The van der Waals surface area contributed by atoms with Crippen molar-refractivity contribution >= 4 is 29.2 Å². The molecule has 198 valence electrons. The van der Waals surface area contributed by atoms with Crippen molar-refractivity contribution in [2.45, 2.75) is 58.3 Å². The highest BCUT2D eigenvalue weighted by Gasteiger charge is 2.70. The molecular weight excluding hydrogens is 487 g/mol. The minimum Gasteiger partial charge on any atom is -0.383 e. The summed E-state index contributed by atoms with van der Waals surface area (Å²) in [6.45, 7) is 5.10. The summed E-state index contributed by atoms with van der Waals surface area (Å²) in [7, 11) is 0. The molecule has 2 fully saturated rings. The fourth-order valence-corrected chi connectivity index (χ4v) is 4.76. The summed E-state index contributed by atoms with van der Waals surface area (Å²) < 4.78 is 41.1. The number of aromatic nitrogens is 1. The number of alkyl halides is 3. The van der Waals surface area contributed by atoms with Gasteiger partial charge in [0.2, 0.25) is 5.91 Å². The van der Waals surface area contributed by atoms with Crippen molar-refractivity contribution in [3.05, 3.63) is 53.2 Å². The van der Waals surface area contributed by atoms with Crippen LogP contribution in [0.2, 0.25) is 0 Å². The van der Waals surface area contributed by atoms with Crippen LogP contribution in [0.25, 0.3) is 0 Å². The van der Waals surface area contributed by atoms with Gasteiger partial charge in [-0.2, -0.15) is 13.2 Å². The topological polar surface area (TPSA) is 109 Å². The average Bonchev–Trinajstić information content (AvgIpc) is 3.67. The molecule has 37 heavy (non-hydrogen) atoms. The lowest BCUT2D eigenvalue weighted by Gasteiger charge is -2.46. The molecule has 1 saturated carbocycles. The molecule has 3 amide bonds. The van der Waals surface area contributed by atoms with Crippen molar-refractivity contribution in [3.8, 4) is 0 Å². The van der Waals surface area contributed by atoms with Crippen LogP contribution in [0.4, 0.5) is 24.7 Å². The summed E-state index contributed by atoms with van der Waals surface area (Å²) >= 11 is 0. The van der Waals surface area contributed by atoms with E-state index in [2.05, 4.69) is 10.3 Å². The number of halogens is 3. The number of nitrogens with zero attached hydrogens (tertiary/aromatic N) is 3. The van der Waals surface area contributed by atoms with Crippen LogP contribution in [-0.2, 0) is 20.8 Å². The van der Waals surface area contributed by atoms with Gasteiger partial charge < -0.3 is 20.9 Å². The van der Waals surface area contributed by atoms with Gasteiger partial charge in [0.1, 0.15) is 11.2 Å². The molecule has 8 nitrogen and oxygen atoms in total. The molecular formula is C26H30F3N5O3. The Morgan fingerprint density at radius 3 is 2.35 bits per heavy atom.